The molecule has 0 aliphatic rings. The number of carbonyl (C=O) groups excluding carboxylic acids is 2. The molecule has 0 fully saturated rings. The number of amides is 1. The lowest BCUT2D eigenvalue weighted by atomic mass is 10.2. The highest BCUT2D eigenvalue weighted by Gasteiger charge is 2.21. The summed E-state index contributed by atoms with van der Waals surface area (Å²) in [7, 11) is -3.68. The van der Waals surface area contributed by atoms with Crippen LogP contribution in [0.15, 0.2) is 42.5 Å². The minimum Gasteiger partial charge on any atom is -0.462 e. The molecular formula is C19H21ClN2O5S. The van der Waals surface area contributed by atoms with Gasteiger partial charge in [-0.1, -0.05) is 29.3 Å². The van der Waals surface area contributed by atoms with Gasteiger partial charge < -0.3 is 10.1 Å². The summed E-state index contributed by atoms with van der Waals surface area (Å²) in [6, 6.07) is 11.1. The first-order chi connectivity index (χ1) is 13.1. The lowest BCUT2D eigenvalue weighted by molar-refractivity contribution is -0.114. The first-order valence-electron chi connectivity index (χ1n) is 8.42. The maximum atomic E-state index is 12.4. The van der Waals surface area contributed by atoms with Crippen LogP contribution >= 0.6 is 11.6 Å². The van der Waals surface area contributed by atoms with Crippen LogP contribution in [0.2, 0.25) is 5.02 Å². The standard InChI is InChI=1S/C19H21ClN2O5S/c1-4-27-19(24)16-11-14(7-10-17(16)20)21-18(23)12-22(28(3,25)26)15-8-5-13(2)6-9-15/h5-11H,4,12H2,1-3H3,(H,21,23). The van der Waals surface area contributed by atoms with E-state index in [1.807, 2.05) is 6.92 Å². The summed E-state index contributed by atoms with van der Waals surface area (Å²) >= 11 is 6.00. The molecule has 9 heteroatoms. The minimum atomic E-state index is -3.68. The third-order valence-electron chi connectivity index (χ3n) is 3.75. The van der Waals surface area contributed by atoms with E-state index in [1.54, 1.807) is 31.2 Å². The molecule has 0 radical (unpaired) electrons. The predicted octanol–water partition coefficient (Wildman–Crippen LogP) is 3.23. The Labute approximate surface area is 169 Å². The summed E-state index contributed by atoms with van der Waals surface area (Å²) in [5.41, 5.74) is 1.76. The molecule has 0 saturated heterocycles. The van der Waals surface area contributed by atoms with Crippen molar-refractivity contribution < 1.29 is 22.7 Å². The van der Waals surface area contributed by atoms with E-state index in [1.165, 1.54) is 18.2 Å². The largest absolute Gasteiger partial charge is 0.462 e. The molecule has 1 amide bonds. The van der Waals surface area contributed by atoms with Crippen molar-refractivity contribution in [2.75, 3.05) is 29.0 Å². The number of rotatable bonds is 7. The van der Waals surface area contributed by atoms with Gasteiger partial charge in [-0.25, -0.2) is 13.2 Å². The van der Waals surface area contributed by atoms with Crippen molar-refractivity contribution in [1.29, 1.82) is 0 Å². The van der Waals surface area contributed by atoms with Crippen LogP contribution in [0.3, 0.4) is 0 Å². The number of halogens is 1. The van der Waals surface area contributed by atoms with E-state index in [-0.39, 0.29) is 17.2 Å². The van der Waals surface area contributed by atoms with Crippen LogP contribution < -0.4 is 9.62 Å². The Bertz CT molecular complexity index is 974. The molecule has 0 aromatic heterocycles. The fourth-order valence-electron chi connectivity index (χ4n) is 2.41. The number of hydrogen-bond acceptors (Lipinski definition) is 5. The van der Waals surface area contributed by atoms with Gasteiger partial charge in [-0.3, -0.25) is 9.10 Å². The molecule has 1 N–H and O–H groups in total. The molecule has 2 rings (SSSR count). The van der Waals surface area contributed by atoms with Crippen LogP contribution in [0.25, 0.3) is 0 Å². The Morgan fingerprint density at radius 3 is 2.36 bits per heavy atom. The Balaban J connectivity index is 2.20. The molecule has 150 valence electrons. The van der Waals surface area contributed by atoms with Gasteiger partial charge in [0.05, 0.1) is 29.1 Å². The Morgan fingerprint density at radius 1 is 1.14 bits per heavy atom. The van der Waals surface area contributed by atoms with Crippen molar-refractivity contribution in [2.24, 2.45) is 0 Å². The zero-order valence-electron chi connectivity index (χ0n) is 15.7. The highest BCUT2D eigenvalue weighted by atomic mass is 35.5. The molecule has 0 spiro atoms. The molecule has 0 aliphatic heterocycles. The highest BCUT2D eigenvalue weighted by molar-refractivity contribution is 7.92. The van der Waals surface area contributed by atoms with E-state index in [9.17, 15) is 18.0 Å². The second kappa shape index (κ2) is 9.07. The van der Waals surface area contributed by atoms with Gasteiger partial charge in [0.15, 0.2) is 0 Å². The smallest absolute Gasteiger partial charge is 0.339 e. The van der Waals surface area contributed by atoms with Crippen LogP contribution in [-0.4, -0.2) is 39.7 Å². The van der Waals surface area contributed by atoms with Crippen molar-refractivity contribution in [3.05, 3.63) is 58.6 Å². The summed E-state index contributed by atoms with van der Waals surface area (Å²) in [6.07, 6.45) is 1.03. The Kier molecular flexibility index (Phi) is 7.04. The van der Waals surface area contributed by atoms with Crippen molar-refractivity contribution in [1.82, 2.24) is 0 Å². The van der Waals surface area contributed by atoms with Crippen LogP contribution in [0.1, 0.15) is 22.8 Å². The van der Waals surface area contributed by atoms with Crippen molar-refractivity contribution in [3.63, 3.8) is 0 Å². The van der Waals surface area contributed by atoms with Crippen LogP contribution in [0, 0.1) is 6.92 Å². The SMILES string of the molecule is CCOC(=O)c1cc(NC(=O)CN(c2ccc(C)cc2)S(C)(=O)=O)ccc1Cl. The number of benzene rings is 2. The molecule has 0 unspecified atom stereocenters. The second-order valence-corrected chi connectivity index (χ2v) is 8.38. The maximum Gasteiger partial charge on any atom is 0.339 e. The molecule has 0 aliphatic carbocycles. The number of esters is 1. The first-order valence-corrected chi connectivity index (χ1v) is 10.7. The van der Waals surface area contributed by atoms with Gasteiger partial charge in [0.25, 0.3) is 0 Å². The molecular weight excluding hydrogens is 404 g/mol. The summed E-state index contributed by atoms with van der Waals surface area (Å²) in [5, 5.41) is 2.77. The first kappa shape index (κ1) is 21.7. The average Bonchev–Trinajstić information content (AvgIpc) is 2.61. The van der Waals surface area contributed by atoms with E-state index in [0.29, 0.717) is 11.4 Å². The summed E-state index contributed by atoms with van der Waals surface area (Å²) in [4.78, 5) is 24.4. The molecule has 0 heterocycles. The highest BCUT2D eigenvalue weighted by Crippen LogP contribution is 2.22. The molecule has 7 nitrogen and oxygen atoms in total. The van der Waals surface area contributed by atoms with Crippen molar-refractivity contribution in [2.45, 2.75) is 13.8 Å². The average molecular weight is 425 g/mol. The summed E-state index contributed by atoms with van der Waals surface area (Å²) in [5.74, 6) is -1.18. The monoisotopic (exact) mass is 424 g/mol. The second-order valence-electron chi connectivity index (χ2n) is 6.07. The summed E-state index contributed by atoms with van der Waals surface area (Å²) < 4.78 is 30.2. The van der Waals surface area contributed by atoms with Crippen LogP contribution in [0.4, 0.5) is 11.4 Å². The van der Waals surface area contributed by atoms with Gasteiger partial charge in [0.1, 0.15) is 6.54 Å². The zero-order valence-corrected chi connectivity index (χ0v) is 17.3. The number of carbonyl (C=O) groups is 2. The topological polar surface area (TPSA) is 92.8 Å². The van der Waals surface area contributed by atoms with E-state index in [4.69, 9.17) is 16.3 Å². The number of hydrogen-bond donors (Lipinski definition) is 1. The molecule has 2 aromatic carbocycles. The Morgan fingerprint density at radius 2 is 1.79 bits per heavy atom. The fourth-order valence-corrected chi connectivity index (χ4v) is 3.46. The molecule has 28 heavy (non-hydrogen) atoms. The summed E-state index contributed by atoms with van der Waals surface area (Å²) in [6.45, 7) is 3.32. The van der Waals surface area contributed by atoms with Crippen molar-refractivity contribution in [3.8, 4) is 0 Å². The third kappa shape index (κ3) is 5.71. The van der Waals surface area contributed by atoms with E-state index in [0.717, 1.165) is 16.1 Å². The number of anilines is 2. The van der Waals surface area contributed by atoms with Gasteiger partial charge in [0.2, 0.25) is 15.9 Å². The third-order valence-corrected chi connectivity index (χ3v) is 5.23. The van der Waals surface area contributed by atoms with Gasteiger partial charge in [-0.2, -0.15) is 0 Å². The quantitative estimate of drug-likeness (QED) is 0.689. The fraction of sp³-hybridized carbons (Fsp3) is 0.263. The van der Waals surface area contributed by atoms with E-state index in [2.05, 4.69) is 5.32 Å². The number of aryl methyl sites for hydroxylation is 1. The maximum absolute atomic E-state index is 12.4. The van der Waals surface area contributed by atoms with Crippen LogP contribution in [-0.2, 0) is 19.6 Å². The number of nitrogens with zero attached hydrogens (tertiary/aromatic N) is 1. The number of nitrogens with one attached hydrogen (secondary N) is 1. The number of ether oxygens (including phenoxy) is 1. The Hall–Kier alpha value is -2.58. The zero-order chi connectivity index (χ0) is 20.9. The van der Waals surface area contributed by atoms with Gasteiger partial charge in [-0.05, 0) is 44.2 Å². The van der Waals surface area contributed by atoms with Gasteiger partial charge >= 0.3 is 5.97 Å². The lowest BCUT2D eigenvalue weighted by Crippen LogP contribution is -2.37. The van der Waals surface area contributed by atoms with E-state index < -0.39 is 28.4 Å². The predicted molar refractivity (Wildman–Crippen MR) is 109 cm³/mol. The van der Waals surface area contributed by atoms with E-state index >= 15 is 0 Å². The normalized spacial score (nSPS) is 11.0. The van der Waals surface area contributed by atoms with Gasteiger partial charge in [0, 0.05) is 5.69 Å². The molecule has 0 saturated carbocycles. The van der Waals surface area contributed by atoms with Gasteiger partial charge in [-0.15, -0.1) is 0 Å². The molecule has 0 bridgehead atoms. The van der Waals surface area contributed by atoms with Crippen LogP contribution in [0.5, 0.6) is 0 Å². The molecule has 0 atom stereocenters. The van der Waals surface area contributed by atoms with Crippen molar-refractivity contribution >= 4 is 44.9 Å². The lowest BCUT2D eigenvalue weighted by Gasteiger charge is -2.22. The minimum absolute atomic E-state index is 0.111. The molecule has 2 aromatic rings. The number of sulfonamides is 1.